The lowest BCUT2D eigenvalue weighted by molar-refractivity contribution is -0.388. The SMILES string of the molecule is COC(=O)c1cnc(Sc2ccc(F)c(F)c2)c([N+](=O)[O-])c1. The van der Waals surface area contributed by atoms with Crippen LogP contribution >= 0.6 is 11.8 Å². The van der Waals surface area contributed by atoms with E-state index in [9.17, 15) is 23.7 Å². The maximum atomic E-state index is 13.2. The molecule has 1 heterocycles. The summed E-state index contributed by atoms with van der Waals surface area (Å²) >= 11 is 0.782. The number of hydrogen-bond acceptors (Lipinski definition) is 6. The molecule has 0 aliphatic heterocycles. The summed E-state index contributed by atoms with van der Waals surface area (Å²) in [7, 11) is 1.14. The van der Waals surface area contributed by atoms with Gasteiger partial charge in [-0.25, -0.2) is 18.6 Å². The molecule has 22 heavy (non-hydrogen) atoms. The van der Waals surface area contributed by atoms with Gasteiger partial charge in [-0.3, -0.25) is 10.1 Å². The largest absolute Gasteiger partial charge is 0.465 e. The number of aromatic nitrogens is 1. The maximum Gasteiger partial charge on any atom is 0.339 e. The maximum absolute atomic E-state index is 13.2. The second-order valence-corrected chi connectivity index (χ2v) is 5.04. The summed E-state index contributed by atoms with van der Waals surface area (Å²) in [5.74, 6) is -2.85. The summed E-state index contributed by atoms with van der Waals surface area (Å²) in [6.07, 6.45) is 1.11. The fourth-order valence-corrected chi connectivity index (χ4v) is 2.40. The standard InChI is InChI=1S/C13H8F2N2O4S/c1-21-13(18)7-4-11(17(19)20)12(16-6-7)22-8-2-3-9(14)10(15)5-8/h2-6H,1H3. The summed E-state index contributed by atoms with van der Waals surface area (Å²) in [5.41, 5.74) is -0.513. The van der Waals surface area contributed by atoms with Gasteiger partial charge in [0.05, 0.1) is 17.6 Å². The molecule has 2 rings (SSSR count). The Morgan fingerprint density at radius 3 is 2.64 bits per heavy atom. The van der Waals surface area contributed by atoms with E-state index in [1.165, 1.54) is 6.07 Å². The molecule has 1 aromatic carbocycles. The normalized spacial score (nSPS) is 10.3. The van der Waals surface area contributed by atoms with Crippen LogP contribution in [0.15, 0.2) is 40.4 Å². The van der Waals surface area contributed by atoms with Crippen molar-refractivity contribution in [3.05, 3.63) is 57.8 Å². The predicted octanol–water partition coefficient (Wildman–Crippen LogP) is 3.21. The lowest BCUT2D eigenvalue weighted by atomic mass is 10.3. The van der Waals surface area contributed by atoms with E-state index in [2.05, 4.69) is 9.72 Å². The summed E-state index contributed by atoms with van der Waals surface area (Å²) in [5, 5.41) is 11.0. The molecule has 0 aliphatic rings. The Kier molecular flexibility index (Phi) is 4.66. The minimum absolute atomic E-state index is 0.0522. The number of carbonyl (C=O) groups excluding carboxylic acids is 1. The number of esters is 1. The number of pyridine rings is 1. The van der Waals surface area contributed by atoms with E-state index in [0.29, 0.717) is 0 Å². The Hall–Kier alpha value is -2.55. The average Bonchev–Trinajstić information content (AvgIpc) is 2.50. The van der Waals surface area contributed by atoms with Crippen molar-refractivity contribution in [1.82, 2.24) is 4.98 Å². The van der Waals surface area contributed by atoms with E-state index in [1.54, 1.807) is 0 Å². The Morgan fingerprint density at radius 2 is 2.05 bits per heavy atom. The Labute approximate surface area is 127 Å². The van der Waals surface area contributed by atoms with Gasteiger partial charge in [-0.2, -0.15) is 0 Å². The van der Waals surface area contributed by atoms with Crippen molar-refractivity contribution < 1.29 is 23.2 Å². The molecule has 0 amide bonds. The molecule has 0 radical (unpaired) electrons. The summed E-state index contributed by atoms with van der Waals surface area (Å²) in [6.45, 7) is 0. The van der Waals surface area contributed by atoms with Gasteiger partial charge in [-0.1, -0.05) is 11.8 Å². The molecule has 0 saturated carbocycles. The highest BCUT2D eigenvalue weighted by Gasteiger charge is 2.20. The van der Waals surface area contributed by atoms with E-state index in [1.807, 2.05) is 0 Å². The third kappa shape index (κ3) is 3.37. The number of halogens is 2. The number of methoxy groups -OCH3 is 1. The van der Waals surface area contributed by atoms with Gasteiger partial charge in [0, 0.05) is 17.2 Å². The first-order valence-electron chi connectivity index (χ1n) is 5.78. The van der Waals surface area contributed by atoms with Gasteiger partial charge in [0.25, 0.3) is 0 Å². The molecule has 0 spiro atoms. The van der Waals surface area contributed by atoms with E-state index in [-0.39, 0.29) is 15.5 Å². The first kappa shape index (κ1) is 15.8. The molecule has 0 saturated heterocycles. The number of nitrogens with zero attached hydrogens (tertiary/aromatic N) is 2. The van der Waals surface area contributed by atoms with Crippen LogP contribution in [0.1, 0.15) is 10.4 Å². The zero-order chi connectivity index (χ0) is 16.3. The van der Waals surface area contributed by atoms with Crippen LogP contribution < -0.4 is 0 Å². The Morgan fingerprint density at radius 1 is 1.32 bits per heavy atom. The van der Waals surface area contributed by atoms with Crippen LogP contribution in [0, 0.1) is 21.7 Å². The topological polar surface area (TPSA) is 82.3 Å². The zero-order valence-corrected chi connectivity index (χ0v) is 11.9. The molecule has 0 unspecified atom stereocenters. The van der Waals surface area contributed by atoms with Gasteiger partial charge in [0.15, 0.2) is 16.7 Å². The van der Waals surface area contributed by atoms with E-state index >= 15 is 0 Å². The number of rotatable bonds is 4. The molecule has 6 nitrogen and oxygen atoms in total. The van der Waals surface area contributed by atoms with Crippen LogP contribution in [-0.2, 0) is 4.74 Å². The number of nitro groups is 1. The van der Waals surface area contributed by atoms with Crippen LogP contribution in [0.4, 0.5) is 14.5 Å². The van der Waals surface area contributed by atoms with Gasteiger partial charge in [0.2, 0.25) is 0 Å². The van der Waals surface area contributed by atoms with E-state index < -0.39 is 28.2 Å². The number of benzene rings is 1. The van der Waals surface area contributed by atoms with Gasteiger partial charge in [-0.05, 0) is 18.2 Å². The van der Waals surface area contributed by atoms with Crippen molar-refractivity contribution in [3.8, 4) is 0 Å². The van der Waals surface area contributed by atoms with Crippen LogP contribution in [-0.4, -0.2) is 23.0 Å². The lowest BCUT2D eigenvalue weighted by Crippen LogP contribution is -2.04. The molecule has 2 aromatic rings. The van der Waals surface area contributed by atoms with E-state index in [0.717, 1.165) is 43.3 Å². The van der Waals surface area contributed by atoms with Gasteiger partial charge < -0.3 is 4.74 Å². The first-order chi connectivity index (χ1) is 10.4. The molecule has 0 fully saturated rings. The van der Waals surface area contributed by atoms with Crippen molar-refractivity contribution in [3.63, 3.8) is 0 Å². The second kappa shape index (κ2) is 6.48. The van der Waals surface area contributed by atoms with Crippen molar-refractivity contribution in [1.29, 1.82) is 0 Å². The summed E-state index contributed by atoms with van der Waals surface area (Å²) in [6, 6.07) is 4.09. The third-order valence-electron chi connectivity index (χ3n) is 2.56. The van der Waals surface area contributed by atoms with Gasteiger partial charge >= 0.3 is 11.7 Å². The predicted molar refractivity (Wildman–Crippen MR) is 72.7 cm³/mol. The Bertz CT molecular complexity index is 755. The monoisotopic (exact) mass is 326 g/mol. The highest BCUT2D eigenvalue weighted by Crippen LogP contribution is 2.34. The first-order valence-corrected chi connectivity index (χ1v) is 6.59. The van der Waals surface area contributed by atoms with Crippen LogP contribution in [0.2, 0.25) is 0 Å². The molecule has 0 atom stereocenters. The molecular weight excluding hydrogens is 318 g/mol. The smallest absolute Gasteiger partial charge is 0.339 e. The third-order valence-corrected chi connectivity index (χ3v) is 3.55. The molecule has 114 valence electrons. The summed E-state index contributed by atoms with van der Waals surface area (Å²) < 4.78 is 30.5. The number of hydrogen-bond donors (Lipinski definition) is 0. The van der Waals surface area contributed by atoms with Crippen LogP contribution in [0.25, 0.3) is 0 Å². The minimum Gasteiger partial charge on any atom is -0.465 e. The van der Waals surface area contributed by atoms with Crippen molar-refractivity contribution in [2.24, 2.45) is 0 Å². The number of ether oxygens (including phenoxy) is 1. The second-order valence-electron chi connectivity index (χ2n) is 3.97. The fraction of sp³-hybridized carbons (Fsp3) is 0.0769. The summed E-state index contributed by atoms with van der Waals surface area (Å²) in [4.78, 5) is 25.8. The quantitative estimate of drug-likeness (QED) is 0.487. The van der Waals surface area contributed by atoms with Gasteiger partial charge in [-0.15, -0.1) is 0 Å². The lowest BCUT2D eigenvalue weighted by Gasteiger charge is -2.04. The molecule has 0 bridgehead atoms. The molecular formula is C13H8F2N2O4S. The van der Waals surface area contributed by atoms with Crippen molar-refractivity contribution >= 4 is 23.4 Å². The highest BCUT2D eigenvalue weighted by atomic mass is 32.2. The van der Waals surface area contributed by atoms with Crippen molar-refractivity contribution in [2.75, 3.05) is 7.11 Å². The zero-order valence-electron chi connectivity index (χ0n) is 11.1. The fourth-order valence-electron chi connectivity index (χ4n) is 1.53. The number of carbonyl (C=O) groups is 1. The average molecular weight is 326 g/mol. The van der Waals surface area contributed by atoms with Gasteiger partial charge in [0.1, 0.15) is 0 Å². The molecule has 1 aromatic heterocycles. The van der Waals surface area contributed by atoms with Crippen molar-refractivity contribution in [2.45, 2.75) is 9.92 Å². The van der Waals surface area contributed by atoms with E-state index in [4.69, 9.17) is 0 Å². The van der Waals surface area contributed by atoms with Crippen LogP contribution in [0.5, 0.6) is 0 Å². The van der Waals surface area contributed by atoms with Crippen LogP contribution in [0.3, 0.4) is 0 Å². The Balaban J connectivity index is 2.39. The molecule has 9 heteroatoms. The highest BCUT2D eigenvalue weighted by molar-refractivity contribution is 7.99. The minimum atomic E-state index is -1.07. The molecule has 0 aliphatic carbocycles. The molecule has 0 N–H and O–H groups in total.